The molecule has 0 bridgehead atoms. The highest BCUT2D eigenvalue weighted by Crippen LogP contribution is 2.27. The number of alkyl halides is 2. The number of halogens is 2. The van der Waals surface area contributed by atoms with Crippen LogP contribution in [0.1, 0.15) is 16.0 Å². The summed E-state index contributed by atoms with van der Waals surface area (Å²) < 4.78 is 30.0. The fourth-order valence-electron chi connectivity index (χ4n) is 2.60. The monoisotopic (exact) mass is 373 g/mol. The molecule has 0 aliphatic rings. The SMILES string of the molecule is O=C(Cc1cccs1)Nc1ccc(OC(F)F)c(Cc2ccccc2)c1. The van der Waals surface area contributed by atoms with Crippen LogP contribution in [0, 0.1) is 0 Å². The molecule has 0 aliphatic carbocycles. The Bertz CT molecular complexity index is 852. The maximum atomic E-state index is 12.7. The van der Waals surface area contributed by atoms with E-state index in [1.165, 1.54) is 17.4 Å². The van der Waals surface area contributed by atoms with Gasteiger partial charge in [0.1, 0.15) is 5.75 Å². The Morgan fingerprint density at radius 3 is 2.58 bits per heavy atom. The molecule has 0 saturated heterocycles. The van der Waals surface area contributed by atoms with Crippen molar-refractivity contribution < 1.29 is 18.3 Å². The summed E-state index contributed by atoms with van der Waals surface area (Å²) >= 11 is 1.51. The molecule has 0 spiro atoms. The lowest BCUT2D eigenvalue weighted by molar-refractivity contribution is -0.115. The summed E-state index contributed by atoms with van der Waals surface area (Å²) in [6, 6.07) is 18.0. The molecule has 3 aromatic rings. The van der Waals surface area contributed by atoms with Crippen molar-refractivity contribution >= 4 is 22.9 Å². The summed E-state index contributed by atoms with van der Waals surface area (Å²) in [6.45, 7) is -2.90. The minimum Gasteiger partial charge on any atom is -0.435 e. The van der Waals surface area contributed by atoms with Crippen LogP contribution in [0.3, 0.4) is 0 Å². The van der Waals surface area contributed by atoms with Crippen molar-refractivity contribution in [3.8, 4) is 5.75 Å². The van der Waals surface area contributed by atoms with Crippen molar-refractivity contribution in [2.24, 2.45) is 0 Å². The van der Waals surface area contributed by atoms with Crippen LogP contribution in [0.15, 0.2) is 66.0 Å². The topological polar surface area (TPSA) is 38.3 Å². The Balaban J connectivity index is 1.78. The third-order valence-corrected chi connectivity index (χ3v) is 4.59. The molecule has 1 heterocycles. The first kappa shape index (κ1) is 18.1. The minimum absolute atomic E-state index is 0.111. The molecule has 1 aromatic heterocycles. The molecule has 0 aliphatic heterocycles. The van der Waals surface area contributed by atoms with E-state index >= 15 is 0 Å². The van der Waals surface area contributed by atoms with Crippen LogP contribution < -0.4 is 10.1 Å². The highest BCUT2D eigenvalue weighted by Gasteiger charge is 2.13. The van der Waals surface area contributed by atoms with E-state index in [1.807, 2.05) is 47.8 Å². The zero-order valence-electron chi connectivity index (χ0n) is 13.8. The number of amides is 1. The molecule has 0 fully saturated rings. The second-order valence-electron chi connectivity index (χ2n) is 5.67. The summed E-state index contributed by atoms with van der Waals surface area (Å²) in [5.74, 6) is -0.0410. The highest BCUT2D eigenvalue weighted by atomic mass is 32.1. The molecule has 0 unspecified atom stereocenters. The number of hydrogen-bond acceptors (Lipinski definition) is 3. The van der Waals surface area contributed by atoms with Gasteiger partial charge in [-0.25, -0.2) is 0 Å². The summed E-state index contributed by atoms with van der Waals surface area (Å²) in [6.07, 6.45) is 0.707. The Morgan fingerprint density at radius 2 is 1.88 bits per heavy atom. The molecule has 0 saturated carbocycles. The van der Waals surface area contributed by atoms with E-state index in [-0.39, 0.29) is 18.1 Å². The number of thiophene rings is 1. The van der Waals surface area contributed by atoms with Crippen LogP contribution in [-0.4, -0.2) is 12.5 Å². The Morgan fingerprint density at radius 1 is 1.08 bits per heavy atom. The number of hydrogen-bond donors (Lipinski definition) is 1. The molecule has 2 aromatic carbocycles. The Kier molecular flexibility index (Phi) is 5.96. The average molecular weight is 373 g/mol. The molecule has 1 amide bonds. The summed E-state index contributed by atoms with van der Waals surface area (Å²) in [4.78, 5) is 13.1. The van der Waals surface area contributed by atoms with Gasteiger partial charge >= 0.3 is 6.61 Å². The second-order valence-corrected chi connectivity index (χ2v) is 6.70. The van der Waals surface area contributed by atoms with Gasteiger partial charge in [0.2, 0.25) is 5.91 Å². The molecule has 0 atom stereocenters. The van der Waals surface area contributed by atoms with Gasteiger partial charge < -0.3 is 10.1 Å². The number of benzene rings is 2. The van der Waals surface area contributed by atoms with Gasteiger partial charge in [0.15, 0.2) is 0 Å². The zero-order valence-corrected chi connectivity index (χ0v) is 14.6. The van der Waals surface area contributed by atoms with Crippen LogP contribution in [0.2, 0.25) is 0 Å². The normalized spacial score (nSPS) is 10.7. The van der Waals surface area contributed by atoms with E-state index in [1.54, 1.807) is 12.1 Å². The van der Waals surface area contributed by atoms with Gasteiger partial charge in [0, 0.05) is 22.5 Å². The van der Waals surface area contributed by atoms with E-state index in [4.69, 9.17) is 0 Å². The standard InChI is InChI=1S/C20H17F2NO2S/c21-20(22)25-18-9-8-16(23-19(24)13-17-7-4-10-26-17)12-15(18)11-14-5-2-1-3-6-14/h1-10,12,20H,11,13H2,(H,23,24). The maximum absolute atomic E-state index is 12.7. The van der Waals surface area contributed by atoms with Crippen LogP contribution in [-0.2, 0) is 17.6 Å². The first-order chi connectivity index (χ1) is 12.6. The average Bonchev–Trinajstić information content (AvgIpc) is 3.10. The summed E-state index contributed by atoms with van der Waals surface area (Å²) in [5.41, 5.74) is 2.11. The van der Waals surface area contributed by atoms with Gasteiger partial charge in [0.05, 0.1) is 6.42 Å². The van der Waals surface area contributed by atoms with Gasteiger partial charge in [0.25, 0.3) is 0 Å². The summed E-state index contributed by atoms with van der Waals surface area (Å²) in [5, 5.41) is 4.73. The minimum atomic E-state index is -2.90. The molecular weight excluding hydrogens is 356 g/mol. The van der Waals surface area contributed by atoms with Crippen molar-refractivity contribution in [3.63, 3.8) is 0 Å². The van der Waals surface area contributed by atoms with Crippen LogP contribution >= 0.6 is 11.3 Å². The van der Waals surface area contributed by atoms with Crippen LogP contribution in [0.25, 0.3) is 0 Å². The van der Waals surface area contributed by atoms with Gasteiger partial charge in [-0.3, -0.25) is 4.79 Å². The fourth-order valence-corrected chi connectivity index (χ4v) is 3.30. The van der Waals surface area contributed by atoms with Crippen LogP contribution in [0.5, 0.6) is 5.75 Å². The van der Waals surface area contributed by atoms with Gasteiger partial charge in [-0.1, -0.05) is 36.4 Å². The molecule has 6 heteroatoms. The Hall–Kier alpha value is -2.73. The molecular formula is C20H17F2NO2S. The second kappa shape index (κ2) is 8.58. The molecule has 134 valence electrons. The van der Waals surface area contributed by atoms with Crippen LogP contribution in [0.4, 0.5) is 14.5 Å². The lowest BCUT2D eigenvalue weighted by Crippen LogP contribution is -2.14. The van der Waals surface area contributed by atoms with Gasteiger partial charge in [-0.2, -0.15) is 8.78 Å². The van der Waals surface area contributed by atoms with Crippen molar-refractivity contribution in [1.29, 1.82) is 0 Å². The number of rotatable bonds is 7. The lowest BCUT2D eigenvalue weighted by Gasteiger charge is -2.13. The number of ether oxygens (including phenoxy) is 1. The Labute approximate surface area is 154 Å². The van der Waals surface area contributed by atoms with E-state index in [2.05, 4.69) is 10.1 Å². The van der Waals surface area contributed by atoms with Crippen molar-refractivity contribution in [3.05, 3.63) is 82.0 Å². The molecule has 3 rings (SSSR count). The highest BCUT2D eigenvalue weighted by molar-refractivity contribution is 7.10. The lowest BCUT2D eigenvalue weighted by atomic mass is 10.0. The molecule has 26 heavy (non-hydrogen) atoms. The largest absolute Gasteiger partial charge is 0.435 e. The number of carbonyl (C=O) groups excluding carboxylic acids is 1. The quantitative estimate of drug-likeness (QED) is 0.624. The van der Waals surface area contributed by atoms with E-state index in [9.17, 15) is 13.6 Å². The molecule has 1 N–H and O–H groups in total. The molecule has 3 nitrogen and oxygen atoms in total. The fraction of sp³-hybridized carbons (Fsp3) is 0.150. The predicted molar refractivity (Wildman–Crippen MR) is 99.0 cm³/mol. The third kappa shape index (κ3) is 5.13. The third-order valence-electron chi connectivity index (χ3n) is 3.71. The van der Waals surface area contributed by atoms with E-state index < -0.39 is 6.61 Å². The smallest absolute Gasteiger partial charge is 0.387 e. The van der Waals surface area contributed by atoms with Crippen molar-refractivity contribution in [2.45, 2.75) is 19.5 Å². The molecule has 0 radical (unpaired) electrons. The number of carbonyl (C=O) groups is 1. The van der Waals surface area contributed by atoms with Gasteiger partial charge in [-0.15, -0.1) is 11.3 Å². The van der Waals surface area contributed by atoms with Crippen molar-refractivity contribution in [1.82, 2.24) is 0 Å². The van der Waals surface area contributed by atoms with Crippen molar-refractivity contribution in [2.75, 3.05) is 5.32 Å². The number of nitrogens with one attached hydrogen (secondary N) is 1. The first-order valence-corrected chi connectivity index (χ1v) is 8.92. The zero-order chi connectivity index (χ0) is 18.4. The van der Waals surface area contributed by atoms with E-state index in [0.29, 0.717) is 17.7 Å². The van der Waals surface area contributed by atoms with Gasteiger partial charge in [-0.05, 0) is 35.2 Å². The number of anilines is 1. The predicted octanol–water partition coefficient (Wildman–Crippen LogP) is 5.12. The first-order valence-electron chi connectivity index (χ1n) is 8.04. The summed E-state index contributed by atoms with van der Waals surface area (Å²) in [7, 11) is 0. The maximum Gasteiger partial charge on any atom is 0.387 e. The van der Waals surface area contributed by atoms with E-state index in [0.717, 1.165) is 10.4 Å².